The van der Waals surface area contributed by atoms with E-state index in [9.17, 15) is 14.0 Å². The summed E-state index contributed by atoms with van der Waals surface area (Å²) in [6.07, 6.45) is 1.89. The Morgan fingerprint density at radius 1 is 1.13 bits per heavy atom. The zero-order valence-electron chi connectivity index (χ0n) is 16.4. The Balaban J connectivity index is 1.69. The summed E-state index contributed by atoms with van der Waals surface area (Å²) in [5, 5.41) is 3.56. The summed E-state index contributed by atoms with van der Waals surface area (Å²) in [4.78, 5) is 27.0. The van der Waals surface area contributed by atoms with Gasteiger partial charge in [-0.25, -0.2) is 4.39 Å². The van der Waals surface area contributed by atoms with Crippen molar-refractivity contribution in [2.75, 3.05) is 26.2 Å². The first-order valence-electron chi connectivity index (χ1n) is 9.87. The molecule has 1 N–H and O–H groups in total. The van der Waals surface area contributed by atoms with Crippen molar-refractivity contribution in [3.63, 3.8) is 0 Å². The minimum atomic E-state index is -0.483. The molecule has 0 spiro atoms. The zero-order chi connectivity index (χ0) is 21.5. The maximum Gasteiger partial charge on any atom is 0.255 e. The van der Waals surface area contributed by atoms with E-state index in [1.807, 2.05) is 0 Å². The number of carbonyl (C=O) groups excluding carboxylic acids is 2. The van der Waals surface area contributed by atoms with Gasteiger partial charge < -0.3 is 15.0 Å². The first-order chi connectivity index (χ1) is 14.5. The molecule has 3 rings (SSSR count). The van der Waals surface area contributed by atoms with Crippen LogP contribution in [0.5, 0.6) is 5.75 Å². The number of nitrogens with one attached hydrogen (secondary N) is 1. The fraction of sp³-hybridized carbons (Fsp3) is 0.364. The molecule has 0 fully saturated rings. The normalized spacial score (nSPS) is 15.7. The third-order valence-corrected chi connectivity index (χ3v) is 5.49. The first-order valence-corrected chi connectivity index (χ1v) is 10.6. The van der Waals surface area contributed by atoms with Crippen LogP contribution in [0.15, 0.2) is 36.4 Å². The lowest BCUT2D eigenvalue weighted by atomic mass is 10.1. The molecule has 2 amide bonds. The van der Waals surface area contributed by atoms with Crippen LogP contribution >= 0.6 is 23.2 Å². The Labute approximate surface area is 185 Å². The van der Waals surface area contributed by atoms with Crippen LogP contribution in [0.3, 0.4) is 0 Å². The number of amides is 2. The molecule has 1 heterocycles. The van der Waals surface area contributed by atoms with Gasteiger partial charge in [0.15, 0.2) is 0 Å². The summed E-state index contributed by atoms with van der Waals surface area (Å²) in [5.41, 5.74) is 0.602. The summed E-state index contributed by atoms with van der Waals surface area (Å²) in [7, 11) is 0. The van der Waals surface area contributed by atoms with Gasteiger partial charge in [-0.15, -0.1) is 0 Å². The van der Waals surface area contributed by atoms with Crippen molar-refractivity contribution in [3.05, 3.63) is 63.4 Å². The molecule has 0 aliphatic carbocycles. The van der Waals surface area contributed by atoms with Crippen molar-refractivity contribution in [3.8, 4) is 5.75 Å². The second-order valence-electron chi connectivity index (χ2n) is 7.06. The topological polar surface area (TPSA) is 58.6 Å². The van der Waals surface area contributed by atoms with Gasteiger partial charge in [0.25, 0.3) is 5.91 Å². The smallest absolute Gasteiger partial charge is 0.255 e. The molecular weight excluding hydrogens is 430 g/mol. The average Bonchev–Trinajstić information content (AvgIpc) is 2.73. The predicted octanol–water partition coefficient (Wildman–Crippen LogP) is 4.50. The number of rotatable bonds is 2. The molecule has 0 saturated carbocycles. The minimum Gasteiger partial charge on any atom is -0.493 e. The van der Waals surface area contributed by atoms with Gasteiger partial charge in [0.1, 0.15) is 11.6 Å². The summed E-state index contributed by atoms with van der Waals surface area (Å²) in [5.74, 6) is -0.461. The summed E-state index contributed by atoms with van der Waals surface area (Å²) in [6, 6.07) is 9.31. The molecule has 0 radical (unpaired) electrons. The molecule has 30 heavy (non-hydrogen) atoms. The van der Waals surface area contributed by atoms with Gasteiger partial charge in [0.05, 0.1) is 18.6 Å². The molecule has 0 saturated heterocycles. The van der Waals surface area contributed by atoms with Gasteiger partial charge in [-0.05, 0) is 49.6 Å². The third kappa shape index (κ3) is 5.86. The van der Waals surface area contributed by atoms with E-state index >= 15 is 0 Å². The van der Waals surface area contributed by atoms with Gasteiger partial charge in [0, 0.05) is 35.2 Å². The van der Waals surface area contributed by atoms with Crippen LogP contribution in [0, 0.1) is 5.82 Å². The number of hydrogen-bond donors (Lipinski definition) is 1. The monoisotopic (exact) mass is 452 g/mol. The van der Waals surface area contributed by atoms with Gasteiger partial charge in [-0.1, -0.05) is 29.3 Å². The van der Waals surface area contributed by atoms with E-state index in [2.05, 4.69) is 5.32 Å². The molecule has 2 aromatic rings. The Hall–Kier alpha value is -2.31. The van der Waals surface area contributed by atoms with Crippen molar-refractivity contribution >= 4 is 35.0 Å². The fourth-order valence-electron chi connectivity index (χ4n) is 3.29. The molecule has 5 nitrogen and oxygen atoms in total. The van der Waals surface area contributed by atoms with Gasteiger partial charge in [-0.3, -0.25) is 9.59 Å². The second-order valence-corrected chi connectivity index (χ2v) is 7.91. The van der Waals surface area contributed by atoms with E-state index in [1.165, 1.54) is 12.1 Å². The average molecular weight is 453 g/mol. The van der Waals surface area contributed by atoms with E-state index in [1.54, 1.807) is 29.2 Å². The second kappa shape index (κ2) is 10.6. The van der Waals surface area contributed by atoms with Crippen molar-refractivity contribution < 1.29 is 18.7 Å². The number of hydrogen-bond acceptors (Lipinski definition) is 3. The van der Waals surface area contributed by atoms with Crippen LogP contribution in [0.1, 0.15) is 35.2 Å². The number of carbonyl (C=O) groups is 2. The quantitative estimate of drug-likeness (QED) is 0.729. The van der Waals surface area contributed by atoms with E-state index in [-0.39, 0.29) is 28.8 Å². The standard InChI is InChI=1S/C22H23Cl2FN2O3/c23-15-7-8-20-17(13-15)22(29)26-9-1-2-10-27(11-4-12-30-20)21(28)14-16-18(24)5-3-6-19(16)25/h3,5-8,13H,1-2,4,9-12,14H2,(H,26,29). The Kier molecular flexibility index (Phi) is 7.94. The van der Waals surface area contributed by atoms with Crippen LogP contribution < -0.4 is 10.1 Å². The minimum absolute atomic E-state index is 0.0928. The fourth-order valence-corrected chi connectivity index (χ4v) is 3.70. The van der Waals surface area contributed by atoms with Gasteiger partial charge in [-0.2, -0.15) is 0 Å². The number of ether oxygens (including phenoxy) is 1. The maximum atomic E-state index is 14.1. The summed E-state index contributed by atoms with van der Waals surface area (Å²) < 4.78 is 19.8. The van der Waals surface area contributed by atoms with Crippen molar-refractivity contribution in [1.29, 1.82) is 0 Å². The van der Waals surface area contributed by atoms with Crippen LogP contribution in [-0.4, -0.2) is 43.0 Å². The number of benzene rings is 2. The highest BCUT2D eigenvalue weighted by atomic mass is 35.5. The van der Waals surface area contributed by atoms with Crippen molar-refractivity contribution in [2.24, 2.45) is 0 Å². The lowest BCUT2D eigenvalue weighted by Gasteiger charge is -2.23. The van der Waals surface area contributed by atoms with Gasteiger partial charge >= 0.3 is 0 Å². The highest BCUT2D eigenvalue weighted by Gasteiger charge is 2.19. The molecular formula is C22H23Cl2FN2O3. The molecule has 0 bridgehead atoms. The van der Waals surface area contributed by atoms with E-state index < -0.39 is 5.82 Å². The Bertz CT molecular complexity index is 903. The van der Waals surface area contributed by atoms with Crippen LogP contribution in [0.2, 0.25) is 10.0 Å². The van der Waals surface area contributed by atoms with Crippen molar-refractivity contribution in [1.82, 2.24) is 10.2 Å². The number of nitrogens with zero attached hydrogens (tertiary/aromatic N) is 1. The molecule has 8 heteroatoms. The number of fused-ring (bicyclic) bond motifs is 1. The van der Waals surface area contributed by atoms with E-state index in [0.29, 0.717) is 61.8 Å². The highest BCUT2D eigenvalue weighted by Crippen LogP contribution is 2.24. The molecule has 1 aliphatic rings. The summed E-state index contributed by atoms with van der Waals surface area (Å²) in [6.45, 7) is 1.77. The molecule has 0 unspecified atom stereocenters. The molecule has 2 aromatic carbocycles. The van der Waals surface area contributed by atoms with Crippen LogP contribution in [-0.2, 0) is 11.2 Å². The Morgan fingerprint density at radius 2 is 1.93 bits per heavy atom. The number of halogens is 3. The summed E-state index contributed by atoms with van der Waals surface area (Å²) >= 11 is 12.1. The van der Waals surface area contributed by atoms with E-state index in [0.717, 1.165) is 0 Å². The molecule has 0 aromatic heterocycles. The molecule has 0 atom stereocenters. The third-order valence-electron chi connectivity index (χ3n) is 4.90. The zero-order valence-corrected chi connectivity index (χ0v) is 17.9. The van der Waals surface area contributed by atoms with Crippen molar-refractivity contribution in [2.45, 2.75) is 25.7 Å². The highest BCUT2D eigenvalue weighted by molar-refractivity contribution is 6.31. The SMILES string of the molecule is O=C1NCCCCN(C(=O)Cc2c(F)cccc2Cl)CCCOc2ccc(Cl)cc21. The largest absolute Gasteiger partial charge is 0.493 e. The maximum absolute atomic E-state index is 14.1. The predicted molar refractivity (Wildman–Crippen MR) is 115 cm³/mol. The molecule has 160 valence electrons. The first kappa shape index (κ1) is 22.4. The van der Waals surface area contributed by atoms with Crippen LogP contribution in [0.4, 0.5) is 4.39 Å². The Morgan fingerprint density at radius 3 is 2.73 bits per heavy atom. The molecule has 1 aliphatic heterocycles. The van der Waals surface area contributed by atoms with Crippen LogP contribution in [0.25, 0.3) is 0 Å². The van der Waals surface area contributed by atoms with Gasteiger partial charge in [0.2, 0.25) is 5.91 Å². The lowest BCUT2D eigenvalue weighted by molar-refractivity contribution is -0.130. The lowest BCUT2D eigenvalue weighted by Crippen LogP contribution is -2.35. The van der Waals surface area contributed by atoms with E-state index in [4.69, 9.17) is 27.9 Å².